The molecule has 1 aliphatic heterocycles. The largest absolute Gasteiger partial charge is 0.353 e. The lowest BCUT2D eigenvalue weighted by molar-refractivity contribution is 0.432. The number of anilines is 1. The number of benzene rings is 3. The van der Waals surface area contributed by atoms with Gasteiger partial charge >= 0.3 is 0 Å². The van der Waals surface area contributed by atoms with Crippen LogP contribution in [-0.4, -0.2) is 48.9 Å². The maximum absolute atomic E-state index is 13.7. The van der Waals surface area contributed by atoms with Gasteiger partial charge in [0.1, 0.15) is 5.69 Å². The number of sulfonamides is 1. The fourth-order valence-corrected chi connectivity index (χ4v) is 6.93. The quantitative estimate of drug-likeness (QED) is 0.400. The second-order valence-electron chi connectivity index (χ2n) is 9.22. The number of nitrogens with zero attached hydrogens (tertiary/aromatic N) is 4. The van der Waals surface area contributed by atoms with E-state index >= 15 is 0 Å². The van der Waals surface area contributed by atoms with Crippen LogP contribution in [0.15, 0.2) is 71.6 Å². The van der Waals surface area contributed by atoms with E-state index in [1.165, 1.54) is 0 Å². The number of rotatable bonds is 4. The van der Waals surface area contributed by atoms with Gasteiger partial charge in [0.25, 0.3) is 0 Å². The second kappa shape index (κ2) is 9.40. The van der Waals surface area contributed by atoms with Crippen molar-refractivity contribution in [2.75, 3.05) is 31.1 Å². The van der Waals surface area contributed by atoms with Gasteiger partial charge in [-0.15, -0.1) is 0 Å². The highest BCUT2D eigenvalue weighted by molar-refractivity contribution is 7.89. The van der Waals surface area contributed by atoms with E-state index in [9.17, 15) is 8.42 Å². The number of aryl methyl sites for hydroxylation is 3. The first-order chi connectivity index (χ1) is 16.8. The van der Waals surface area contributed by atoms with Gasteiger partial charge < -0.3 is 4.90 Å². The predicted octanol–water partition coefficient (Wildman–Crippen LogP) is 5.12. The molecule has 1 fully saturated rings. The van der Waals surface area contributed by atoms with Crippen molar-refractivity contribution in [2.45, 2.75) is 32.1 Å². The Morgan fingerprint density at radius 2 is 1.37 bits per heavy atom. The Morgan fingerprint density at radius 3 is 2.06 bits per heavy atom. The maximum atomic E-state index is 13.7. The Balaban J connectivity index is 1.50. The van der Waals surface area contributed by atoms with Crippen molar-refractivity contribution >= 4 is 26.9 Å². The maximum Gasteiger partial charge on any atom is 0.243 e. The Bertz CT molecular complexity index is 1460. The molecule has 1 aromatic heterocycles. The zero-order valence-corrected chi connectivity index (χ0v) is 21.2. The van der Waals surface area contributed by atoms with E-state index in [1.54, 1.807) is 4.31 Å². The Labute approximate surface area is 207 Å². The summed E-state index contributed by atoms with van der Waals surface area (Å²) < 4.78 is 29.0. The summed E-state index contributed by atoms with van der Waals surface area (Å²) in [6, 6.07) is 21.8. The van der Waals surface area contributed by atoms with E-state index in [1.807, 2.05) is 87.5 Å². The summed E-state index contributed by atoms with van der Waals surface area (Å²) >= 11 is 0. The summed E-state index contributed by atoms with van der Waals surface area (Å²) in [6.45, 7) is 7.91. The van der Waals surface area contributed by atoms with Crippen LogP contribution in [0.25, 0.3) is 22.3 Å². The van der Waals surface area contributed by atoms with Crippen LogP contribution >= 0.6 is 0 Å². The molecule has 35 heavy (non-hydrogen) atoms. The molecule has 1 aliphatic rings. The third kappa shape index (κ3) is 4.54. The standard InChI is InChI=1S/C28H30N4O2S/c1-20-18-21(2)27(22(3)19-20)35(33,34)32-15-9-14-31(16-17-32)28-26(23-10-5-4-6-11-23)29-24-12-7-8-13-25(24)30-28/h4-8,10-13,18-19H,9,14-17H2,1-3H3. The van der Waals surface area contributed by atoms with Gasteiger partial charge in [0.05, 0.1) is 15.9 Å². The van der Waals surface area contributed by atoms with Gasteiger partial charge in [-0.2, -0.15) is 4.31 Å². The normalized spacial score (nSPS) is 15.3. The molecule has 7 heteroatoms. The molecule has 0 aliphatic carbocycles. The molecule has 5 rings (SSSR count). The molecule has 0 bridgehead atoms. The van der Waals surface area contributed by atoms with Crippen LogP contribution in [0.4, 0.5) is 5.82 Å². The number of para-hydroxylation sites is 2. The minimum absolute atomic E-state index is 0.401. The molecule has 4 aromatic rings. The van der Waals surface area contributed by atoms with Gasteiger partial charge in [0.15, 0.2) is 5.82 Å². The third-order valence-electron chi connectivity index (χ3n) is 6.56. The third-order valence-corrected chi connectivity index (χ3v) is 8.76. The monoisotopic (exact) mass is 486 g/mol. The van der Waals surface area contributed by atoms with Gasteiger partial charge in [0.2, 0.25) is 10.0 Å². The summed E-state index contributed by atoms with van der Waals surface area (Å²) in [5.74, 6) is 0.803. The van der Waals surface area contributed by atoms with Crippen LogP contribution in [-0.2, 0) is 10.0 Å². The lowest BCUT2D eigenvalue weighted by atomic mass is 10.1. The van der Waals surface area contributed by atoms with E-state index in [0.29, 0.717) is 37.5 Å². The summed E-state index contributed by atoms with van der Waals surface area (Å²) in [5, 5.41) is 0. The fraction of sp³-hybridized carbons (Fsp3) is 0.286. The summed E-state index contributed by atoms with van der Waals surface area (Å²) in [6.07, 6.45) is 0.714. The molecule has 0 atom stereocenters. The molecule has 1 saturated heterocycles. The highest BCUT2D eigenvalue weighted by atomic mass is 32.2. The van der Waals surface area contributed by atoms with Crippen molar-refractivity contribution < 1.29 is 8.42 Å². The highest BCUT2D eigenvalue weighted by Gasteiger charge is 2.30. The molecule has 3 aromatic carbocycles. The summed E-state index contributed by atoms with van der Waals surface area (Å²) in [5.41, 5.74) is 6.18. The van der Waals surface area contributed by atoms with Gasteiger partial charge in [-0.3, -0.25) is 0 Å². The van der Waals surface area contributed by atoms with E-state index in [-0.39, 0.29) is 0 Å². The second-order valence-corrected chi connectivity index (χ2v) is 11.1. The minimum Gasteiger partial charge on any atom is -0.353 e. The van der Waals surface area contributed by atoms with Crippen LogP contribution in [0, 0.1) is 20.8 Å². The highest BCUT2D eigenvalue weighted by Crippen LogP contribution is 2.31. The molecule has 0 spiro atoms. The molecule has 180 valence electrons. The molecule has 0 N–H and O–H groups in total. The van der Waals surface area contributed by atoms with E-state index in [2.05, 4.69) is 4.90 Å². The summed E-state index contributed by atoms with van der Waals surface area (Å²) in [4.78, 5) is 12.6. The average molecular weight is 487 g/mol. The lowest BCUT2D eigenvalue weighted by Gasteiger charge is -2.25. The van der Waals surface area contributed by atoms with Crippen molar-refractivity contribution in [1.82, 2.24) is 14.3 Å². The van der Waals surface area contributed by atoms with Crippen molar-refractivity contribution in [3.05, 3.63) is 83.4 Å². The molecule has 2 heterocycles. The predicted molar refractivity (Wildman–Crippen MR) is 141 cm³/mol. The first-order valence-electron chi connectivity index (χ1n) is 12.0. The zero-order valence-electron chi connectivity index (χ0n) is 20.4. The Kier molecular flexibility index (Phi) is 6.30. The molecule has 0 unspecified atom stereocenters. The molecule has 0 saturated carbocycles. The van der Waals surface area contributed by atoms with Crippen molar-refractivity contribution in [3.63, 3.8) is 0 Å². The van der Waals surface area contributed by atoms with E-state index in [0.717, 1.165) is 44.8 Å². The lowest BCUT2D eigenvalue weighted by Crippen LogP contribution is -2.36. The minimum atomic E-state index is -3.60. The molecule has 0 amide bonds. The SMILES string of the molecule is Cc1cc(C)c(S(=O)(=O)N2CCCN(c3nc4ccccc4nc3-c3ccccc3)CC2)c(C)c1. The molecular weight excluding hydrogens is 456 g/mol. The van der Waals surface area contributed by atoms with E-state index < -0.39 is 10.0 Å². The van der Waals surface area contributed by atoms with Gasteiger partial charge in [-0.25, -0.2) is 18.4 Å². The molecule has 0 radical (unpaired) electrons. The number of fused-ring (bicyclic) bond motifs is 1. The zero-order chi connectivity index (χ0) is 24.6. The first kappa shape index (κ1) is 23.5. The van der Waals surface area contributed by atoms with Crippen LogP contribution in [0.3, 0.4) is 0 Å². The number of hydrogen-bond acceptors (Lipinski definition) is 5. The molecule has 6 nitrogen and oxygen atoms in total. The average Bonchev–Trinajstić information content (AvgIpc) is 3.10. The van der Waals surface area contributed by atoms with Crippen LogP contribution < -0.4 is 4.90 Å². The first-order valence-corrected chi connectivity index (χ1v) is 13.4. The van der Waals surface area contributed by atoms with Crippen LogP contribution in [0.5, 0.6) is 0 Å². The van der Waals surface area contributed by atoms with E-state index in [4.69, 9.17) is 9.97 Å². The number of hydrogen-bond donors (Lipinski definition) is 0. The van der Waals surface area contributed by atoms with Gasteiger partial charge in [0, 0.05) is 31.7 Å². The van der Waals surface area contributed by atoms with Crippen LogP contribution in [0.1, 0.15) is 23.1 Å². The molecular formula is C28H30N4O2S. The Hall–Kier alpha value is -3.29. The van der Waals surface area contributed by atoms with Crippen molar-refractivity contribution in [2.24, 2.45) is 0 Å². The van der Waals surface area contributed by atoms with Crippen LogP contribution in [0.2, 0.25) is 0 Å². The number of aromatic nitrogens is 2. The topological polar surface area (TPSA) is 66.4 Å². The van der Waals surface area contributed by atoms with Gasteiger partial charge in [-0.1, -0.05) is 60.2 Å². The Morgan fingerprint density at radius 1 is 0.743 bits per heavy atom. The van der Waals surface area contributed by atoms with Crippen molar-refractivity contribution in [1.29, 1.82) is 0 Å². The van der Waals surface area contributed by atoms with Gasteiger partial charge in [-0.05, 0) is 50.5 Å². The smallest absolute Gasteiger partial charge is 0.243 e. The summed E-state index contributed by atoms with van der Waals surface area (Å²) in [7, 11) is -3.60. The van der Waals surface area contributed by atoms with Crippen molar-refractivity contribution in [3.8, 4) is 11.3 Å². The fourth-order valence-electron chi connectivity index (χ4n) is 5.05.